The van der Waals surface area contributed by atoms with Crippen LogP contribution in [0.5, 0.6) is 0 Å². The van der Waals surface area contributed by atoms with Crippen LogP contribution in [0.4, 0.5) is 4.79 Å². The third-order valence-electron chi connectivity index (χ3n) is 4.67. The van der Waals surface area contributed by atoms with Crippen molar-refractivity contribution in [3.8, 4) is 0 Å². The highest BCUT2D eigenvalue weighted by molar-refractivity contribution is 5.87. The average Bonchev–Trinajstić information content (AvgIpc) is 3.05. The lowest BCUT2D eigenvalue weighted by molar-refractivity contribution is -0.139. The van der Waals surface area contributed by atoms with Gasteiger partial charge in [0.05, 0.1) is 13.2 Å². The van der Waals surface area contributed by atoms with Crippen molar-refractivity contribution in [2.75, 3.05) is 46.1 Å². The molecule has 0 aliphatic carbocycles. The number of urea groups is 1. The number of hydrogen-bond acceptors (Lipinski definition) is 4. The van der Waals surface area contributed by atoms with Gasteiger partial charge in [0, 0.05) is 38.9 Å². The van der Waals surface area contributed by atoms with Gasteiger partial charge in [0.1, 0.15) is 6.04 Å². The fourth-order valence-electron chi connectivity index (χ4n) is 3.36. The van der Waals surface area contributed by atoms with Gasteiger partial charge in [-0.15, -0.1) is 0 Å². The van der Waals surface area contributed by atoms with Crippen LogP contribution in [0.2, 0.25) is 0 Å². The molecule has 0 aromatic rings. The molecule has 3 saturated heterocycles. The molecule has 3 aliphatic rings. The van der Waals surface area contributed by atoms with Crippen LogP contribution in [0.1, 0.15) is 25.7 Å². The Morgan fingerprint density at radius 3 is 2.32 bits per heavy atom. The standard InChI is InChI=1S/C15H25N3O4/c19-14(17-6-10-22-11-7-17)13-2-1-5-18(13)15(20)16-12-3-8-21-9-4-12/h12-13H,1-11H2,(H,16,20). The van der Waals surface area contributed by atoms with Gasteiger partial charge in [0.2, 0.25) is 5.91 Å². The first kappa shape index (κ1) is 15.6. The maximum absolute atomic E-state index is 12.6. The highest BCUT2D eigenvalue weighted by Crippen LogP contribution is 2.20. The number of morpholine rings is 1. The van der Waals surface area contributed by atoms with Gasteiger partial charge < -0.3 is 24.6 Å². The minimum atomic E-state index is -0.307. The summed E-state index contributed by atoms with van der Waals surface area (Å²) in [5.74, 6) is 0.0722. The molecule has 0 aromatic heterocycles. The van der Waals surface area contributed by atoms with Crippen LogP contribution in [-0.2, 0) is 14.3 Å². The van der Waals surface area contributed by atoms with E-state index in [1.165, 1.54) is 0 Å². The first-order valence-electron chi connectivity index (χ1n) is 8.27. The Hall–Kier alpha value is -1.34. The molecular weight excluding hydrogens is 286 g/mol. The molecule has 7 nitrogen and oxygen atoms in total. The van der Waals surface area contributed by atoms with E-state index in [2.05, 4.69) is 5.32 Å². The van der Waals surface area contributed by atoms with E-state index in [4.69, 9.17) is 9.47 Å². The van der Waals surface area contributed by atoms with E-state index in [1.807, 2.05) is 4.90 Å². The van der Waals surface area contributed by atoms with E-state index >= 15 is 0 Å². The van der Waals surface area contributed by atoms with Crippen molar-refractivity contribution in [3.63, 3.8) is 0 Å². The second-order valence-electron chi connectivity index (χ2n) is 6.13. The summed E-state index contributed by atoms with van der Waals surface area (Å²) in [6.07, 6.45) is 3.35. The van der Waals surface area contributed by atoms with Gasteiger partial charge in [-0.05, 0) is 25.7 Å². The van der Waals surface area contributed by atoms with Crippen molar-refractivity contribution in [1.29, 1.82) is 0 Å². The maximum Gasteiger partial charge on any atom is 0.318 e. The molecule has 7 heteroatoms. The molecule has 22 heavy (non-hydrogen) atoms. The Bertz CT molecular complexity index is 406. The second kappa shape index (κ2) is 7.28. The minimum absolute atomic E-state index is 0.0722. The van der Waals surface area contributed by atoms with Crippen molar-refractivity contribution in [2.24, 2.45) is 0 Å². The zero-order valence-electron chi connectivity index (χ0n) is 13.0. The third-order valence-corrected chi connectivity index (χ3v) is 4.67. The first-order chi connectivity index (χ1) is 10.8. The smallest absolute Gasteiger partial charge is 0.318 e. The van der Waals surface area contributed by atoms with E-state index in [0.717, 1.165) is 25.7 Å². The normalized spacial score (nSPS) is 27.0. The quantitative estimate of drug-likeness (QED) is 0.791. The molecule has 3 rings (SSSR count). The van der Waals surface area contributed by atoms with E-state index in [1.54, 1.807) is 4.90 Å². The lowest BCUT2D eigenvalue weighted by Gasteiger charge is -2.33. The molecule has 0 bridgehead atoms. The zero-order valence-corrected chi connectivity index (χ0v) is 13.0. The Labute approximate surface area is 130 Å². The highest BCUT2D eigenvalue weighted by Gasteiger charge is 2.37. The number of nitrogens with zero attached hydrogens (tertiary/aromatic N) is 2. The van der Waals surface area contributed by atoms with Crippen LogP contribution in [0, 0.1) is 0 Å². The van der Waals surface area contributed by atoms with Crippen molar-refractivity contribution < 1.29 is 19.1 Å². The van der Waals surface area contributed by atoms with Crippen LogP contribution in [0.25, 0.3) is 0 Å². The largest absolute Gasteiger partial charge is 0.381 e. The van der Waals surface area contributed by atoms with E-state index < -0.39 is 0 Å². The van der Waals surface area contributed by atoms with Gasteiger partial charge in [0.25, 0.3) is 0 Å². The molecule has 0 saturated carbocycles. The van der Waals surface area contributed by atoms with Gasteiger partial charge in [-0.3, -0.25) is 4.79 Å². The summed E-state index contributed by atoms with van der Waals surface area (Å²) < 4.78 is 10.6. The number of hydrogen-bond donors (Lipinski definition) is 1. The Kier molecular flexibility index (Phi) is 5.15. The third kappa shape index (κ3) is 3.52. The summed E-state index contributed by atoms with van der Waals surface area (Å²) in [4.78, 5) is 28.7. The molecule has 3 amide bonds. The monoisotopic (exact) mass is 311 g/mol. The van der Waals surface area contributed by atoms with Gasteiger partial charge >= 0.3 is 6.03 Å². The number of rotatable bonds is 2. The van der Waals surface area contributed by atoms with Crippen molar-refractivity contribution in [3.05, 3.63) is 0 Å². The predicted octanol–water partition coefficient (Wildman–Crippen LogP) is 0.198. The van der Waals surface area contributed by atoms with Crippen molar-refractivity contribution in [1.82, 2.24) is 15.1 Å². The van der Waals surface area contributed by atoms with E-state index in [-0.39, 0.29) is 24.0 Å². The summed E-state index contributed by atoms with van der Waals surface area (Å²) >= 11 is 0. The summed E-state index contributed by atoms with van der Waals surface area (Å²) in [5.41, 5.74) is 0. The Morgan fingerprint density at radius 1 is 0.909 bits per heavy atom. The molecule has 1 unspecified atom stereocenters. The van der Waals surface area contributed by atoms with Crippen LogP contribution in [-0.4, -0.2) is 79.9 Å². The van der Waals surface area contributed by atoms with Crippen molar-refractivity contribution in [2.45, 2.75) is 37.8 Å². The zero-order chi connectivity index (χ0) is 15.4. The minimum Gasteiger partial charge on any atom is -0.381 e. The summed E-state index contributed by atoms with van der Waals surface area (Å²) in [6, 6.07) is -0.241. The maximum atomic E-state index is 12.6. The van der Waals surface area contributed by atoms with Gasteiger partial charge in [0.15, 0.2) is 0 Å². The molecule has 0 radical (unpaired) electrons. The average molecular weight is 311 g/mol. The second-order valence-corrected chi connectivity index (χ2v) is 6.13. The van der Waals surface area contributed by atoms with E-state index in [0.29, 0.717) is 46.1 Å². The summed E-state index contributed by atoms with van der Waals surface area (Å²) in [5, 5.41) is 3.06. The van der Waals surface area contributed by atoms with Gasteiger partial charge in [-0.1, -0.05) is 0 Å². The van der Waals surface area contributed by atoms with E-state index in [9.17, 15) is 9.59 Å². The van der Waals surface area contributed by atoms with Crippen LogP contribution in [0.3, 0.4) is 0 Å². The summed E-state index contributed by atoms with van der Waals surface area (Å²) in [7, 11) is 0. The summed E-state index contributed by atoms with van der Waals surface area (Å²) in [6.45, 7) is 4.49. The SMILES string of the molecule is O=C(C1CCCN1C(=O)NC1CCOCC1)N1CCOCC1. The predicted molar refractivity (Wildman–Crippen MR) is 79.5 cm³/mol. The molecule has 1 atom stereocenters. The Balaban J connectivity index is 1.56. The number of likely N-dealkylation sites (tertiary alicyclic amines) is 1. The topological polar surface area (TPSA) is 71.1 Å². The fourth-order valence-corrected chi connectivity index (χ4v) is 3.36. The lowest BCUT2D eigenvalue weighted by atomic mass is 10.1. The van der Waals surface area contributed by atoms with Gasteiger partial charge in [-0.25, -0.2) is 4.79 Å². The molecule has 124 valence electrons. The number of carbonyl (C=O) groups excluding carboxylic acids is 2. The number of nitrogens with one attached hydrogen (secondary N) is 1. The lowest BCUT2D eigenvalue weighted by Crippen LogP contribution is -2.54. The molecule has 3 fully saturated rings. The molecule has 3 aliphatic heterocycles. The first-order valence-corrected chi connectivity index (χ1v) is 8.27. The van der Waals surface area contributed by atoms with Crippen LogP contribution < -0.4 is 5.32 Å². The molecular formula is C15H25N3O4. The molecule has 0 aromatic carbocycles. The van der Waals surface area contributed by atoms with Crippen molar-refractivity contribution >= 4 is 11.9 Å². The Morgan fingerprint density at radius 2 is 1.59 bits per heavy atom. The van der Waals surface area contributed by atoms with Gasteiger partial charge in [-0.2, -0.15) is 0 Å². The van der Waals surface area contributed by atoms with Crippen LogP contribution >= 0.6 is 0 Å². The van der Waals surface area contributed by atoms with Crippen LogP contribution in [0.15, 0.2) is 0 Å². The molecule has 0 spiro atoms. The fraction of sp³-hybridized carbons (Fsp3) is 0.867. The highest BCUT2D eigenvalue weighted by atomic mass is 16.5. The number of carbonyl (C=O) groups is 2. The molecule has 3 heterocycles. The number of ether oxygens (including phenoxy) is 2. The molecule has 1 N–H and O–H groups in total. The number of amides is 3.